The van der Waals surface area contributed by atoms with E-state index in [1.165, 1.54) is 16.2 Å². The lowest BCUT2D eigenvalue weighted by molar-refractivity contribution is -0.192. The first-order valence-corrected chi connectivity index (χ1v) is 12.8. The minimum absolute atomic E-state index is 0.00577. The number of amidine groups is 1. The Labute approximate surface area is 229 Å². The summed E-state index contributed by atoms with van der Waals surface area (Å²) in [5, 5.41) is 17.6. The number of carboxylic acids is 1. The lowest BCUT2D eigenvalue weighted by Crippen LogP contribution is -2.45. The summed E-state index contributed by atoms with van der Waals surface area (Å²) in [4.78, 5) is 49.3. The second kappa shape index (κ2) is 12.4. The Morgan fingerprint density at radius 1 is 1.21 bits per heavy atom. The molecule has 2 aliphatic rings. The maximum absolute atomic E-state index is 13.1. The van der Waals surface area contributed by atoms with Crippen molar-refractivity contribution in [3.63, 3.8) is 0 Å². The van der Waals surface area contributed by atoms with Crippen molar-refractivity contribution < 1.29 is 37.5 Å². The first-order chi connectivity index (χ1) is 18.3. The molecule has 5 N–H and O–H groups in total. The van der Waals surface area contributed by atoms with Gasteiger partial charge in [-0.05, 0) is 43.0 Å². The number of thiophene rings is 1. The normalized spacial score (nSPS) is 20.2. The molecule has 4 rings (SSSR count). The van der Waals surface area contributed by atoms with Gasteiger partial charge in [0.2, 0.25) is 11.8 Å². The van der Waals surface area contributed by atoms with Crippen LogP contribution in [0.3, 0.4) is 0 Å². The molecule has 2 aromatic rings. The van der Waals surface area contributed by atoms with Gasteiger partial charge >= 0.3 is 12.1 Å². The van der Waals surface area contributed by atoms with Gasteiger partial charge < -0.3 is 16.2 Å². The number of carboxylic acid groups (broad SMARTS) is 1. The summed E-state index contributed by atoms with van der Waals surface area (Å²) in [5.41, 5.74) is 7.19. The number of imide groups is 1. The third-order valence-electron chi connectivity index (χ3n) is 6.11. The number of carbonyl (C=O) groups is 4. The van der Waals surface area contributed by atoms with Gasteiger partial charge in [-0.3, -0.25) is 24.7 Å². The van der Waals surface area contributed by atoms with E-state index in [4.69, 9.17) is 32.6 Å². The predicted octanol–water partition coefficient (Wildman–Crippen LogP) is 3.61. The maximum Gasteiger partial charge on any atom is 0.490 e. The van der Waals surface area contributed by atoms with Gasteiger partial charge in [-0.1, -0.05) is 42.0 Å². The predicted molar refractivity (Wildman–Crippen MR) is 138 cm³/mol. The van der Waals surface area contributed by atoms with Crippen LogP contribution >= 0.6 is 22.9 Å². The lowest BCUT2D eigenvalue weighted by atomic mass is 9.81. The van der Waals surface area contributed by atoms with E-state index in [1.807, 2.05) is 24.3 Å². The van der Waals surface area contributed by atoms with Crippen molar-refractivity contribution in [2.24, 2.45) is 17.6 Å². The Balaban J connectivity index is 0.000000532. The number of nitrogen functional groups attached to an aromatic ring is 1. The molecule has 3 atom stereocenters. The molecule has 1 fully saturated rings. The third-order valence-corrected chi connectivity index (χ3v) is 7.34. The molecule has 1 aliphatic carbocycles. The molecule has 39 heavy (non-hydrogen) atoms. The van der Waals surface area contributed by atoms with Gasteiger partial charge in [-0.2, -0.15) is 13.2 Å². The van der Waals surface area contributed by atoms with Gasteiger partial charge in [0.25, 0.3) is 5.91 Å². The Kier molecular flexibility index (Phi) is 9.51. The van der Waals surface area contributed by atoms with E-state index in [2.05, 4.69) is 5.32 Å². The van der Waals surface area contributed by atoms with Crippen LogP contribution in [0.1, 0.15) is 33.6 Å². The number of nitrogens with one attached hydrogen (secondary N) is 2. The Hall–Kier alpha value is -3.71. The zero-order chi connectivity index (χ0) is 28.9. The molecule has 2 heterocycles. The summed E-state index contributed by atoms with van der Waals surface area (Å²) in [6.07, 6.45) is 0.330. The fourth-order valence-corrected chi connectivity index (χ4v) is 5.26. The topological polar surface area (TPSA) is 154 Å². The third kappa shape index (κ3) is 7.45. The molecule has 1 aromatic carbocycles. The van der Waals surface area contributed by atoms with Gasteiger partial charge in [-0.25, -0.2) is 4.79 Å². The number of carbonyl (C=O) groups excluding carboxylic acids is 3. The van der Waals surface area contributed by atoms with E-state index in [0.717, 1.165) is 5.56 Å². The van der Waals surface area contributed by atoms with E-state index in [0.29, 0.717) is 40.6 Å². The van der Waals surface area contributed by atoms with Crippen molar-refractivity contribution in [2.75, 3.05) is 6.54 Å². The summed E-state index contributed by atoms with van der Waals surface area (Å²) in [7, 11) is 0. The first kappa shape index (κ1) is 29.8. The summed E-state index contributed by atoms with van der Waals surface area (Å²) in [6.45, 7) is 0.316. The SMILES string of the molecule is N=C(N)c1cccc(CCCN2C(=O)[C@H]3[C@H](CC=C[C@H]3NC(=O)c3ccc(Cl)s3)C2=O)c1.O=C(O)C(F)(F)F. The van der Waals surface area contributed by atoms with E-state index in [-0.39, 0.29) is 23.6 Å². The van der Waals surface area contributed by atoms with Gasteiger partial charge in [0, 0.05) is 12.1 Å². The van der Waals surface area contributed by atoms with E-state index in [9.17, 15) is 27.6 Å². The van der Waals surface area contributed by atoms with Gasteiger partial charge in [0.15, 0.2) is 0 Å². The lowest BCUT2D eigenvalue weighted by Gasteiger charge is -2.26. The molecular weight excluding hydrogens is 561 g/mol. The fourth-order valence-electron chi connectivity index (χ4n) is 4.31. The number of halogens is 4. The number of nitrogens with zero attached hydrogens (tertiary/aromatic N) is 1. The second-order valence-corrected chi connectivity index (χ2v) is 10.5. The second-order valence-electron chi connectivity index (χ2n) is 8.75. The molecule has 3 amide bonds. The molecule has 0 spiro atoms. The zero-order valence-electron chi connectivity index (χ0n) is 20.2. The molecule has 0 bridgehead atoms. The molecule has 9 nitrogen and oxygen atoms in total. The monoisotopic (exact) mass is 584 g/mol. The maximum atomic E-state index is 13.1. The number of nitrogens with two attached hydrogens (primary N) is 1. The van der Waals surface area contributed by atoms with Crippen molar-refractivity contribution in [3.8, 4) is 0 Å². The average molecular weight is 585 g/mol. The summed E-state index contributed by atoms with van der Waals surface area (Å²) in [5.74, 6) is -4.52. The molecule has 0 radical (unpaired) electrons. The van der Waals surface area contributed by atoms with Crippen molar-refractivity contribution in [3.05, 3.63) is 68.9 Å². The number of fused-ring (bicyclic) bond motifs is 1. The van der Waals surface area contributed by atoms with Crippen LogP contribution in [0, 0.1) is 17.2 Å². The standard InChI is InChI=1S/C23H23ClN4O3S.C2HF3O2/c24-18-10-9-17(32-18)21(29)27-16-8-2-7-15-19(16)23(31)28(22(15)30)11-3-5-13-4-1-6-14(12-13)20(25)26;3-2(4,5)1(6)7/h1-2,4,6,8-10,12,15-16,19H,3,5,7,11H2,(H3,25,26)(H,27,29);(H,6,7)/t15-,16+,19-;/m0./s1. The smallest absolute Gasteiger partial charge is 0.475 e. The van der Waals surface area contributed by atoms with Crippen LogP contribution in [0.5, 0.6) is 0 Å². The quantitative estimate of drug-likeness (QED) is 0.169. The Bertz CT molecular complexity index is 1310. The highest BCUT2D eigenvalue weighted by molar-refractivity contribution is 7.18. The molecule has 208 valence electrons. The molecule has 14 heteroatoms. The molecule has 0 saturated carbocycles. The van der Waals surface area contributed by atoms with Gasteiger partial charge in [0.1, 0.15) is 5.84 Å². The number of likely N-dealkylation sites (tertiary alicyclic amines) is 1. The van der Waals surface area contributed by atoms with Crippen LogP contribution in [0.15, 0.2) is 48.6 Å². The van der Waals surface area contributed by atoms with Crippen LogP contribution in [-0.4, -0.2) is 58.3 Å². The molecule has 1 saturated heterocycles. The highest BCUT2D eigenvalue weighted by Crippen LogP contribution is 2.36. The number of hydrogen-bond donors (Lipinski definition) is 4. The van der Waals surface area contributed by atoms with Crippen molar-refractivity contribution in [2.45, 2.75) is 31.5 Å². The number of hydrogen-bond acceptors (Lipinski definition) is 6. The number of rotatable bonds is 7. The minimum Gasteiger partial charge on any atom is -0.475 e. The van der Waals surface area contributed by atoms with Crippen molar-refractivity contribution in [1.82, 2.24) is 10.2 Å². The number of benzene rings is 1. The zero-order valence-corrected chi connectivity index (χ0v) is 21.8. The molecule has 1 aromatic heterocycles. The number of alkyl halides is 3. The Morgan fingerprint density at radius 2 is 1.90 bits per heavy atom. The van der Waals surface area contributed by atoms with Crippen molar-refractivity contribution >= 4 is 52.5 Å². The van der Waals surface area contributed by atoms with Gasteiger partial charge in [-0.15, -0.1) is 11.3 Å². The first-order valence-electron chi connectivity index (χ1n) is 11.6. The van der Waals surface area contributed by atoms with Crippen LogP contribution < -0.4 is 11.1 Å². The van der Waals surface area contributed by atoms with Crippen LogP contribution in [-0.2, 0) is 20.8 Å². The number of aryl methyl sites for hydroxylation is 1. The Morgan fingerprint density at radius 3 is 2.49 bits per heavy atom. The molecule has 0 unspecified atom stereocenters. The highest BCUT2D eigenvalue weighted by atomic mass is 35.5. The van der Waals surface area contributed by atoms with Crippen LogP contribution in [0.2, 0.25) is 4.34 Å². The summed E-state index contributed by atoms with van der Waals surface area (Å²) in [6, 6.07) is 10.2. The fraction of sp³-hybridized carbons (Fsp3) is 0.320. The molecular formula is C25H24ClF3N4O5S. The summed E-state index contributed by atoms with van der Waals surface area (Å²) >= 11 is 7.09. The van der Waals surface area contributed by atoms with E-state index >= 15 is 0 Å². The van der Waals surface area contributed by atoms with Crippen LogP contribution in [0.25, 0.3) is 0 Å². The van der Waals surface area contributed by atoms with Crippen LogP contribution in [0.4, 0.5) is 13.2 Å². The van der Waals surface area contributed by atoms with E-state index < -0.39 is 30.0 Å². The average Bonchev–Trinajstić information content (AvgIpc) is 3.41. The summed E-state index contributed by atoms with van der Waals surface area (Å²) < 4.78 is 32.2. The number of amides is 3. The number of aliphatic carboxylic acids is 1. The molecule has 1 aliphatic heterocycles. The largest absolute Gasteiger partial charge is 0.490 e. The van der Waals surface area contributed by atoms with E-state index in [1.54, 1.807) is 24.3 Å². The number of allylic oxidation sites excluding steroid dienone is 1. The van der Waals surface area contributed by atoms with Crippen molar-refractivity contribution in [1.29, 1.82) is 5.41 Å². The highest BCUT2D eigenvalue weighted by Gasteiger charge is 2.51. The van der Waals surface area contributed by atoms with Gasteiger partial charge in [0.05, 0.1) is 27.1 Å². The minimum atomic E-state index is -5.08.